The van der Waals surface area contributed by atoms with Crippen LogP contribution in [0.3, 0.4) is 0 Å². The predicted molar refractivity (Wildman–Crippen MR) is 103 cm³/mol. The van der Waals surface area contributed by atoms with E-state index in [1.54, 1.807) is 24.4 Å². The van der Waals surface area contributed by atoms with Crippen molar-refractivity contribution in [3.05, 3.63) is 84.1 Å². The van der Waals surface area contributed by atoms with Crippen molar-refractivity contribution >= 4 is 27.6 Å². The molecule has 1 amide bonds. The number of fused-ring (bicyclic) bond motifs is 2. The summed E-state index contributed by atoms with van der Waals surface area (Å²) in [6.45, 7) is 0.493. The molecule has 0 saturated heterocycles. The zero-order chi connectivity index (χ0) is 17.9. The SMILES string of the molecule is O=C(NCCc1cccc2ccccc12)c1ccc2cccnc2c1O. The average Bonchev–Trinajstić information content (AvgIpc) is 2.68. The number of carbonyl (C=O) groups is 1. The Kier molecular flexibility index (Phi) is 4.23. The molecule has 0 saturated carbocycles. The lowest BCUT2D eigenvalue weighted by atomic mass is 10.0. The highest BCUT2D eigenvalue weighted by molar-refractivity contribution is 6.02. The van der Waals surface area contributed by atoms with Gasteiger partial charge in [0.1, 0.15) is 5.52 Å². The maximum absolute atomic E-state index is 12.5. The Morgan fingerprint density at radius 3 is 2.65 bits per heavy atom. The molecule has 0 aliphatic heterocycles. The number of carbonyl (C=O) groups excluding carboxylic acids is 1. The predicted octanol–water partition coefficient (Wildman–Crippen LogP) is 4.07. The first-order valence-corrected chi connectivity index (χ1v) is 8.55. The number of hydrogen-bond acceptors (Lipinski definition) is 3. The number of phenols is 1. The van der Waals surface area contributed by atoms with Crippen LogP contribution in [0.1, 0.15) is 15.9 Å². The minimum Gasteiger partial charge on any atom is -0.505 e. The molecule has 1 aromatic heterocycles. The van der Waals surface area contributed by atoms with Gasteiger partial charge in [-0.25, -0.2) is 0 Å². The summed E-state index contributed by atoms with van der Waals surface area (Å²) >= 11 is 0. The van der Waals surface area contributed by atoms with Crippen molar-refractivity contribution in [2.24, 2.45) is 0 Å². The maximum atomic E-state index is 12.5. The molecule has 2 N–H and O–H groups in total. The molecule has 4 heteroatoms. The maximum Gasteiger partial charge on any atom is 0.255 e. The number of phenolic OH excluding ortho intramolecular Hbond substituents is 1. The summed E-state index contributed by atoms with van der Waals surface area (Å²) in [5, 5.41) is 16.4. The standard InChI is InChI=1S/C22H18N2O2/c25-21-19(11-10-17-8-4-13-23-20(17)21)22(26)24-14-12-16-7-3-6-15-5-1-2-9-18(15)16/h1-11,13,25H,12,14H2,(H,24,26). The van der Waals surface area contributed by atoms with Gasteiger partial charge < -0.3 is 10.4 Å². The summed E-state index contributed by atoms with van der Waals surface area (Å²) < 4.78 is 0. The monoisotopic (exact) mass is 342 g/mol. The summed E-state index contributed by atoms with van der Waals surface area (Å²) in [6.07, 6.45) is 2.32. The number of rotatable bonds is 4. The Morgan fingerprint density at radius 2 is 1.73 bits per heavy atom. The number of hydrogen-bond donors (Lipinski definition) is 2. The third-order valence-corrected chi connectivity index (χ3v) is 4.55. The zero-order valence-corrected chi connectivity index (χ0v) is 14.1. The van der Waals surface area contributed by atoms with E-state index in [9.17, 15) is 9.90 Å². The van der Waals surface area contributed by atoms with E-state index in [4.69, 9.17) is 0 Å². The van der Waals surface area contributed by atoms with Crippen molar-refractivity contribution in [1.29, 1.82) is 0 Å². The number of benzene rings is 3. The first kappa shape index (κ1) is 16.1. The van der Waals surface area contributed by atoms with E-state index in [0.717, 1.165) is 11.8 Å². The fourth-order valence-corrected chi connectivity index (χ4v) is 3.23. The van der Waals surface area contributed by atoms with Crippen LogP contribution in [0.5, 0.6) is 5.75 Å². The highest BCUT2D eigenvalue weighted by Crippen LogP contribution is 2.26. The largest absolute Gasteiger partial charge is 0.505 e. The van der Waals surface area contributed by atoms with Gasteiger partial charge in [-0.3, -0.25) is 9.78 Å². The highest BCUT2D eigenvalue weighted by atomic mass is 16.3. The Bertz CT molecular complexity index is 1100. The lowest BCUT2D eigenvalue weighted by Crippen LogP contribution is -2.25. The fraction of sp³-hybridized carbons (Fsp3) is 0.0909. The summed E-state index contributed by atoms with van der Waals surface area (Å²) in [7, 11) is 0. The molecule has 1 heterocycles. The summed E-state index contributed by atoms with van der Waals surface area (Å²) in [5.41, 5.74) is 1.87. The normalized spacial score (nSPS) is 10.9. The fourth-order valence-electron chi connectivity index (χ4n) is 3.23. The van der Waals surface area contributed by atoms with Crippen LogP contribution in [-0.2, 0) is 6.42 Å². The van der Waals surface area contributed by atoms with Crippen LogP contribution in [-0.4, -0.2) is 22.5 Å². The van der Waals surface area contributed by atoms with Crippen LogP contribution in [0.15, 0.2) is 72.9 Å². The second-order valence-electron chi connectivity index (χ2n) is 6.18. The lowest BCUT2D eigenvalue weighted by Gasteiger charge is -2.10. The van der Waals surface area contributed by atoms with E-state index in [1.807, 2.05) is 24.3 Å². The summed E-state index contributed by atoms with van der Waals surface area (Å²) in [6, 6.07) is 21.5. The molecule has 0 radical (unpaired) electrons. The van der Waals surface area contributed by atoms with Gasteiger partial charge in [0.15, 0.2) is 5.75 Å². The molecule has 0 bridgehead atoms. The van der Waals surface area contributed by atoms with Gasteiger partial charge in [0.25, 0.3) is 5.91 Å². The van der Waals surface area contributed by atoms with Crippen molar-refractivity contribution in [3.8, 4) is 5.75 Å². The first-order chi connectivity index (χ1) is 12.7. The first-order valence-electron chi connectivity index (χ1n) is 8.55. The van der Waals surface area contributed by atoms with Gasteiger partial charge in [0, 0.05) is 18.1 Å². The smallest absolute Gasteiger partial charge is 0.255 e. The number of aromatic nitrogens is 1. The molecule has 0 fully saturated rings. The molecule has 0 atom stereocenters. The number of pyridine rings is 1. The molecule has 0 unspecified atom stereocenters. The summed E-state index contributed by atoms with van der Waals surface area (Å²) in [4.78, 5) is 16.6. The molecule has 128 valence electrons. The van der Waals surface area contributed by atoms with Crippen LogP contribution in [0, 0.1) is 0 Å². The molecule has 4 nitrogen and oxygen atoms in total. The molecule has 0 spiro atoms. The van der Waals surface area contributed by atoms with E-state index in [-0.39, 0.29) is 17.2 Å². The van der Waals surface area contributed by atoms with Gasteiger partial charge in [0.2, 0.25) is 0 Å². The van der Waals surface area contributed by atoms with Crippen molar-refractivity contribution in [2.75, 3.05) is 6.54 Å². The van der Waals surface area contributed by atoms with Gasteiger partial charge in [-0.2, -0.15) is 0 Å². The number of aromatic hydroxyl groups is 1. The van der Waals surface area contributed by atoms with E-state index < -0.39 is 0 Å². The Balaban J connectivity index is 1.50. The quantitative estimate of drug-likeness (QED) is 0.588. The molecule has 4 rings (SSSR count). The molecule has 3 aromatic carbocycles. The van der Waals surface area contributed by atoms with E-state index in [2.05, 4.69) is 34.6 Å². The van der Waals surface area contributed by atoms with E-state index in [0.29, 0.717) is 12.1 Å². The van der Waals surface area contributed by atoms with Crippen molar-refractivity contribution in [2.45, 2.75) is 6.42 Å². The van der Waals surface area contributed by atoms with Gasteiger partial charge >= 0.3 is 0 Å². The molecular formula is C22H18N2O2. The minimum atomic E-state index is -0.296. The van der Waals surface area contributed by atoms with Crippen LogP contribution in [0.25, 0.3) is 21.7 Å². The number of nitrogens with zero attached hydrogens (tertiary/aromatic N) is 1. The van der Waals surface area contributed by atoms with Crippen molar-refractivity contribution in [1.82, 2.24) is 10.3 Å². The van der Waals surface area contributed by atoms with E-state index >= 15 is 0 Å². The highest BCUT2D eigenvalue weighted by Gasteiger charge is 2.14. The molecule has 26 heavy (non-hydrogen) atoms. The molecule has 4 aromatic rings. The molecule has 0 aliphatic rings. The van der Waals surface area contributed by atoms with E-state index in [1.165, 1.54) is 16.3 Å². The second-order valence-corrected chi connectivity index (χ2v) is 6.18. The Morgan fingerprint density at radius 1 is 0.923 bits per heavy atom. The Labute approximate surface area is 151 Å². The number of nitrogens with one attached hydrogen (secondary N) is 1. The Hall–Kier alpha value is -3.40. The van der Waals surface area contributed by atoms with Crippen LogP contribution in [0.2, 0.25) is 0 Å². The minimum absolute atomic E-state index is 0.0780. The third kappa shape index (κ3) is 2.97. The van der Waals surface area contributed by atoms with Crippen LogP contribution >= 0.6 is 0 Å². The summed E-state index contributed by atoms with van der Waals surface area (Å²) in [5.74, 6) is -0.374. The average molecular weight is 342 g/mol. The topological polar surface area (TPSA) is 62.2 Å². The zero-order valence-electron chi connectivity index (χ0n) is 14.1. The van der Waals surface area contributed by atoms with Gasteiger partial charge in [-0.1, -0.05) is 54.6 Å². The third-order valence-electron chi connectivity index (χ3n) is 4.55. The molecule has 0 aliphatic carbocycles. The van der Waals surface area contributed by atoms with Crippen LogP contribution in [0.4, 0.5) is 0 Å². The molecular weight excluding hydrogens is 324 g/mol. The lowest BCUT2D eigenvalue weighted by molar-refractivity contribution is 0.0951. The van der Waals surface area contributed by atoms with Gasteiger partial charge in [-0.15, -0.1) is 0 Å². The second kappa shape index (κ2) is 6.84. The van der Waals surface area contributed by atoms with Crippen LogP contribution < -0.4 is 5.32 Å². The number of amides is 1. The van der Waals surface area contributed by atoms with Gasteiger partial charge in [-0.05, 0) is 34.9 Å². The van der Waals surface area contributed by atoms with Crippen molar-refractivity contribution in [3.63, 3.8) is 0 Å². The van der Waals surface area contributed by atoms with Gasteiger partial charge in [0.05, 0.1) is 5.56 Å². The van der Waals surface area contributed by atoms with Crippen molar-refractivity contribution < 1.29 is 9.90 Å².